The molecular formula is C44H77KN2O11. The van der Waals surface area contributed by atoms with Crippen molar-refractivity contribution in [3.05, 3.63) is 0 Å². The molecule has 14 heteroatoms. The van der Waals surface area contributed by atoms with E-state index in [9.17, 15) is 29.1 Å². The number of likely N-dealkylation sites (tertiary alicyclic amines) is 1. The summed E-state index contributed by atoms with van der Waals surface area (Å²) in [7, 11) is 0. The number of carbonyl (C=O) groups excluding carboxylic acids is 7. The van der Waals surface area contributed by atoms with Crippen LogP contribution in [0.5, 0.6) is 0 Å². The van der Waals surface area contributed by atoms with Gasteiger partial charge in [0.15, 0.2) is 0 Å². The van der Waals surface area contributed by atoms with Gasteiger partial charge in [0.25, 0.3) is 0 Å². The van der Waals surface area contributed by atoms with Crippen molar-refractivity contribution in [2.45, 2.75) is 202 Å². The van der Waals surface area contributed by atoms with Crippen LogP contribution in [0.1, 0.15) is 173 Å². The van der Waals surface area contributed by atoms with Gasteiger partial charge < -0.3 is 29.1 Å². The molecule has 2 amide bonds. The Morgan fingerprint density at radius 2 is 1.29 bits per heavy atom. The molecule has 0 aromatic heterocycles. The fourth-order valence-electron chi connectivity index (χ4n) is 6.92. The molecule has 0 aromatic carbocycles. The molecule has 0 radical (unpaired) electrons. The van der Waals surface area contributed by atoms with Crippen LogP contribution >= 0.6 is 0 Å². The van der Waals surface area contributed by atoms with Crippen LogP contribution in [0.25, 0.3) is 0 Å². The van der Waals surface area contributed by atoms with E-state index in [1.165, 1.54) is 25.7 Å². The zero-order valence-corrected chi connectivity index (χ0v) is 41.6. The molecule has 4 fully saturated rings. The van der Waals surface area contributed by atoms with Gasteiger partial charge >= 0.3 is 69.7 Å². The van der Waals surface area contributed by atoms with Crippen LogP contribution in [-0.2, 0) is 38.2 Å². The van der Waals surface area contributed by atoms with Crippen LogP contribution in [0.4, 0.5) is 9.59 Å². The first-order chi connectivity index (χ1) is 26.3. The molecule has 0 N–H and O–H groups in total. The molecule has 2 aliphatic heterocycles. The molecule has 4 rings (SSSR count). The predicted molar refractivity (Wildman–Crippen MR) is 216 cm³/mol. The van der Waals surface area contributed by atoms with Crippen molar-refractivity contribution in [2.75, 3.05) is 26.3 Å². The van der Waals surface area contributed by atoms with Crippen LogP contribution in [0, 0.1) is 17.8 Å². The fourth-order valence-corrected chi connectivity index (χ4v) is 6.92. The monoisotopic (exact) mass is 849 g/mol. The van der Waals surface area contributed by atoms with Crippen LogP contribution < -0.4 is 56.5 Å². The average Bonchev–Trinajstić information content (AvgIpc) is 3.89. The van der Waals surface area contributed by atoms with E-state index in [-0.39, 0.29) is 112 Å². The third-order valence-electron chi connectivity index (χ3n) is 9.63. The van der Waals surface area contributed by atoms with Gasteiger partial charge in [-0.3, -0.25) is 14.4 Å². The largest absolute Gasteiger partial charge is 1.00 e. The van der Waals surface area contributed by atoms with Crippen molar-refractivity contribution in [1.82, 2.24) is 9.80 Å². The first-order valence-corrected chi connectivity index (χ1v) is 21.2. The molecule has 2 aliphatic carbocycles. The number of rotatable bonds is 9. The maximum absolute atomic E-state index is 12.6. The number of Topliss-reactive ketones (excluding diaryl/α,β-unsaturated/α-hetero) is 3. The van der Waals surface area contributed by atoms with Gasteiger partial charge in [-0.15, -0.1) is 5.60 Å². The summed E-state index contributed by atoms with van der Waals surface area (Å²) in [6.07, 6.45) is 13.0. The summed E-state index contributed by atoms with van der Waals surface area (Å²) in [5.74, 6) is -0.112. The molecular weight excluding hydrogens is 772 g/mol. The summed E-state index contributed by atoms with van der Waals surface area (Å²) >= 11 is 0. The summed E-state index contributed by atoms with van der Waals surface area (Å²) < 4.78 is 15.8. The SMILES string of the molecule is C1CCOC1.CC(C)(C)[O-].CCC[C@@H](C)N(CCC(=O)C1CCCC1)C(=O)OC(C)(C)C.C[C@@H]1CC(=O)C(C(=O)C2CCCC2)CN1C(=O)OC(C)(C)C.O=C=O.[K+]. The fraction of sp³-hybridized carbons (Fsp3) is 0.864. The number of hydrogen-bond acceptors (Lipinski definition) is 11. The van der Waals surface area contributed by atoms with E-state index in [2.05, 4.69) is 6.92 Å². The Bertz CT molecular complexity index is 1240. The second-order valence-corrected chi connectivity index (χ2v) is 18.6. The van der Waals surface area contributed by atoms with Gasteiger partial charge in [-0.25, -0.2) is 9.59 Å². The topological polar surface area (TPSA) is 177 Å². The molecule has 2 saturated carbocycles. The number of piperidine rings is 1. The van der Waals surface area contributed by atoms with Crippen molar-refractivity contribution in [3.8, 4) is 0 Å². The number of hydrogen-bond donors (Lipinski definition) is 0. The van der Waals surface area contributed by atoms with Gasteiger partial charge in [0.05, 0.1) is 5.92 Å². The van der Waals surface area contributed by atoms with Crippen LogP contribution in [0.15, 0.2) is 0 Å². The van der Waals surface area contributed by atoms with E-state index in [4.69, 9.17) is 23.8 Å². The van der Waals surface area contributed by atoms with Gasteiger partial charge in [-0.05, 0) is 100 Å². The number of nitrogens with zero attached hydrogens (tertiary/aromatic N) is 2. The van der Waals surface area contributed by atoms with E-state index in [1.807, 2.05) is 55.4 Å². The second kappa shape index (κ2) is 29.7. The third kappa shape index (κ3) is 27.4. The van der Waals surface area contributed by atoms with Crippen molar-refractivity contribution in [2.24, 2.45) is 17.8 Å². The molecule has 1 unspecified atom stereocenters. The Labute approximate surface area is 392 Å². The van der Waals surface area contributed by atoms with Gasteiger partial charge in [-0.1, -0.05) is 59.8 Å². The minimum absolute atomic E-state index is 0. The molecule has 4 aliphatic rings. The Morgan fingerprint density at radius 1 is 0.845 bits per heavy atom. The van der Waals surface area contributed by atoms with Gasteiger partial charge in [0.2, 0.25) is 0 Å². The van der Waals surface area contributed by atoms with Crippen LogP contribution in [-0.4, -0.2) is 101 Å². The van der Waals surface area contributed by atoms with Crippen molar-refractivity contribution in [1.29, 1.82) is 0 Å². The van der Waals surface area contributed by atoms with E-state index < -0.39 is 28.8 Å². The van der Waals surface area contributed by atoms with Gasteiger partial charge in [0, 0.05) is 63.1 Å². The molecule has 0 spiro atoms. The summed E-state index contributed by atoms with van der Waals surface area (Å²) in [6.45, 7) is 24.6. The first-order valence-electron chi connectivity index (χ1n) is 21.2. The molecule has 3 atom stereocenters. The van der Waals surface area contributed by atoms with Crippen LogP contribution in [0.3, 0.4) is 0 Å². The quantitative estimate of drug-likeness (QED) is 0.228. The van der Waals surface area contributed by atoms with E-state index in [0.29, 0.717) is 18.7 Å². The minimum Gasteiger partial charge on any atom is -0.850 e. The van der Waals surface area contributed by atoms with Crippen LogP contribution in [0.2, 0.25) is 0 Å². The molecule has 0 aromatic rings. The molecule has 0 bridgehead atoms. The predicted octanol–water partition coefficient (Wildman–Crippen LogP) is 4.88. The van der Waals surface area contributed by atoms with E-state index in [1.54, 1.807) is 30.6 Å². The Balaban J connectivity index is 0. The maximum atomic E-state index is 12.6. The number of ketones is 3. The molecule has 58 heavy (non-hydrogen) atoms. The Morgan fingerprint density at radius 3 is 1.69 bits per heavy atom. The van der Waals surface area contributed by atoms with Crippen molar-refractivity contribution in [3.63, 3.8) is 0 Å². The standard InChI is InChI=1S/C18H33NO3.C17H27NO4.C4H8O.C4H9O.CO2.K/c1-6-9-14(2)19(17(21)22-18(3,4)5)13-12-16(20)15-10-7-8-11-15;1-11-9-14(19)13(15(20)12-7-5-6-8-12)10-18(11)16(21)22-17(2,3)4;1-2-4-5-3-1;1-4(2,3)5;2-1-3;/h14-15H,6-13H2,1-5H3;11-13H,5-10H2,1-4H3;1-4H2;1-3H3;;/q;;;-1;;+1/t14-;11-,13?;;;;/m11..../s1. The average molecular weight is 849 g/mol. The zero-order valence-electron chi connectivity index (χ0n) is 38.5. The summed E-state index contributed by atoms with van der Waals surface area (Å²) in [5, 5.41) is 10.1. The zero-order chi connectivity index (χ0) is 44.0. The Kier molecular flexibility index (Phi) is 30.0. The summed E-state index contributed by atoms with van der Waals surface area (Å²) in [6, 6.07) is -0.105. The second-order valence-electron chi connectivity index (χ2n) is 18.6. The van der Waals surface area contributed by atoms with E-state index in [0.717, 1.165) is 64.6 Å². The smallest absolute Gasteiger partial charge is 0.850 e. The molecule has 330 valence electrons. The molecule has 13 nitrogen and oxygen atoms in total. The maximum Gasteiger partial charge on any atom is 1.00 e. The van der Waals surface area contributed by atoms with Gasteiger partial charge in [0.1, 0.15) is 28.6 Å². The van der Waals surface area contributed by atoms with Crippen molar-refractivity contribution >= 4 is 35.7 Å². The van der Waals surface area contributed by atoms with E-state index >= 15 is 0 Å². The number of carbonyl (C=O) groups is 5. The Hall–Kier alpha value is -1.51. The first kappa shape index (κ1) is 58.6. The third-order valence-corrected chi connectivity index (χ3v) is 9.63. The number of amides is 2. The molecule has 2 saturated heterocycles. The van der Waals surface area contributed by atoms with Gasteiger partial charge in [-0.2, -0.15) is 9.59 Å². The minimum atomic E-state index is -0.750. The summed E-state index contributed by atoms with van der Waals surface area (Å²) in [5.41, 5.74) is -1.83. The summed E-state index contributed by atoms with van der Waals surface area (Å²) in [4.78, 5) is 81.3. The van der Waals surface area contributed by atoms with Crippen molar-refractivity contribution < 1.29 is 104 Å². The number of ether oxygens (including phenoxy) is 3. The normalized spacial score (nSPS) is 20.1. The molecule has 2 heterocycles.